The van der Waals surface area contributed by atoms with Gasteiger partial charge in [0.2, 0.25) is 0 Å². The Balaban J connectivity index is 2.11. The molecule has 2 aromatic carbocycles. The molecule has 0 saturated carbocycles. The number of halogens is 3. The van der Waals surface area contributed by atoms with E-state index in [4.69, 9.17) is 16.0 Å². The van der Waals surface area contributed by atoms with Crippen LogP contribution in [-0.2, 0) is 0 Å². The largest absolute Gasteiger partial charge is 0.456 e. The predicted octanol–water partition coefficient (Wildman–Crippen LogP) is 5.30. The van der Waals surface area contributed by atoms with Gasteiger partial charge in [-0.25, -0.2) is 4.39 Å². The molecule has 1 unspecified atom stereocenters. The van der Waals surface area contributed by atoms with E-state index in [1.54, 1.807) is 6.07 Å². The van der Waals surface area contributed by atoms with Crippen LogP contribution in [0.4, 0.5) is 4.39 Å². The Kier molecular flexibility index (Phi) is 4.02. The molecule has 0 fully saturated rings. The van der Waals surface area contributed by atoms with E-state index in [1.165, 1.54) is 6.07 Å². The summed E-state index contributed by atoms with van der Waals surface area (Å²) >= 11 is 9.48. The van der Waals surface area contributed by atoms with E-state index in [0.29, 0.717) is 10.8 Å². The van der Waals surface area contributed by atoms with Crippen LogP contribution >= 0.6 is 27.5 Å². The monoisotopic (exact) mass is 367 g/mol. The molecule has 0 bridgehead atoms. The summed E-state index contributed by atoms with van der Waals surface area (Å²) in [5, 5.41) is 4.58. The third kappa shape index (κ3) is 2.71. The maximum atomic E-state index is 13.8. The Morgan fingerprint density at radius 3 is 2.71 bits per heavy atom. The lowest BCUT2D eigenvalue weighted by molar-refractivity contribution is 0.476. The average molecular weight is 369 g/mol. The first kappa shape index (κ1) is 14.6. The topological polar surface area (TPSA) is 25.2 Å². The molecule has 0 saturated heterocycles. The Hall–Kier alpha value is -1.36. The van der Waals surface area contributed by atoms with E-state index in [9.17, 15) is 4.39 Å². The van der Waals surface area contributed by atoms with Crippen LogP contribution in [-0.4, -0.2) is 7.05 Å². The van der Waals surface area contributed by atoms with Crippen LogP contribution in [0.15, 0.2) is 51.4 Å². The molecule has 0 radical (unpaired) electrons. The van der Waals surface area contributed by atoms with Crippen molar-refractivity contribution in [3.63, 3.8) is 0 Å². The highest BCUT2D eigenvalue weighted by atomic mass is 79.9. The second-order valence-electron chi connectivity index (χ2n) is 4.69. The smallest absolute Gasteiger partial charge is 0.169 e. The van der Waals surface area contributed by atoms with Gasteiger partial charge in [0.1, 0.15) is 5.76 Å². The van der Waals surface area contributed by atoms with Crippen molar-refractivity contribution < 1.29 is 8.81 Å². The molecule has 0 amide bonds. The van der Waals surface area contributed by atoms with Crippen LogP contribution in [0.1, 0.15) is 17.4 Å². The maximum absolute atomic E-state index is 13.8. The molecule has 1 N–H and O–H groups in total. The molecule has 21 heavy (non-hydrogen) atoms. The van der Waals surface area contributed by atoms with E-state index in [-0.39, 0.29) is 17.4 Å². The first-order chi connectivity index (χ1) is 10.1. The minimum Gasteiger partial charge on any atom is -0.456 e. The lowest BCUT2D eigenvalue weighted by atomic mass is 10.0. The zero-order chi connectivity index (χ0) is 15.0. The first-order valence-corrected chi connectivity index (χ1v) is 7.57. The van der Waals surface area contributed by atoms with Crippen molar-refractivity contribution in [1.29, 1.82) is 0 Å². The first-order valence-electron chi connectivity index (χ1n) is 6.40. The van der Waals surface area contributed by atoms with Crippen LogP contribution < -0.4 is 5.32 Å². The maximum Gasteiger partial charge on any atom is 0.169 e. The molecule has 1 aromatic heterocycles. The van der Waals surface area contributed by atoms with E-state index in [1.807, 2.05) is 37.4 Å². The fourth-order valence-electron chi connectivity index (χ4n) is 2.38. The molecule has 5 heteroatoms. The van der Waals surface area contributed by atoms with Crippen LogP contribution in [0.5, 0.6) is 0 Å². The molecule has 0 spiro atoms. The Labute approximate surface area is 135 Å². The average Bonchev–Trinajstić information content (AvgIpc) is 2.87. The third-order valence-corrected chi connectivity index (χ3v) is 4.28. The van der Waals surface area contributed by atoms with E-state index >= 15 is 0 Å². The number of benzene rings is 2. The molecule has 0 aliphatic heterocycles. The number of hydrogen-bond donors (Lipinski definition) is 1. The summed E-state index contributed by atoms with van der Waals surface area (Å²) in [4.78, 5) is 0. The quantitative estimate of drug-likeness (QED) is 0.679. The van der Waals surface area contributed by atoms with Crippen molar-refractivity contribution in [2.24, 2.45) is 0 Å². The second kappa shape index (κ2) is 5.79. The second-order valence-corrected chi connectivity index (χ2v) is 5.99. The predicted molar refractivity (Wildman–Crippen MR) is 86.2 cm³/mol. The van der Waals surface area contributed by atoms with Gasteiger partial charge in [-0.15, -0.1) is 0 Å². The lowest BCUT2D eigenvalue weighted by Crippen LogP contribution is -2.17. The molecule has 1 atom stereocenters. The third-order valence-electron chi connectivity index (χ3n) is 3.36. The molecule has 3 rings (SSSR count). The number of hydrogen-bond acceptors (Lipinski definition) is 2. The van der Waals surface area contributed by atoms with Gasteiger partial charge in [-0.05, 0) is 36.9 Å². The zero-order valence-corrected chi connectivity index (χ0v) is 13.5. The van der Waals surface area contributed by atoms with E-state index in [2.05, 4.69) is 21.2 Å². The van der Waals surface area contributed by atoms with Crippen LogP contribution in [0.3, 0.4) is 0 Å². The molecular weight excluding hydrogens is 357 g/mol. The Bertz CT molecular complexity index is 802. The zero-order valence-electron chi connectivity index (χ0n) is 11.2. The van der Waals surface area contributed by atoms with Crippen molar-refractivity contribution in [3.8, 4) is 0 Å². The summed E-state index contributed by atoms with van der Waals surface area (Å²) in [7, 11) is 1.83. The minimum atomic E-state index is -0.358. The van der Waals surface area contributed by atoms with E-state index in [0.717, 1.165) is 15.4 Å². The normalized spacial score (nSPS) is 12.8. The van der Waals surface area contributed by atoms with Crippen molar-refractivity contribution in [2.75, 3.05) is 7.05 Å². The van der Waals surface area contributed by atoms with Gasteiger partial charge in [0.15, 0.2) is 11.4 Å². The van der Waals surface area contributed by atoms with Crippen LogP contribution in [0.25, 0.3) is 11.0 Å². The summed E-state index contributed by atoms with van der Waals surface area (Å²) in [5.74, 6) is 0.296. The summed E-state index contributed by atoms with van der Waals surface area (Å²) in [6.45, 7) is 0. The van der Waals surface area contributed by atoms with Gasteiger partial charge in [0.05, 0.1) is 6.04 Å². The van der Waals surface area contributed by atoms with Crippen molar-refractivity contribution in [1.82, 2.24) is 5.32 Å². The fraction of sp³-hybridized carbons (Fsp3) is 0.125. The van der Waals surface area contributed by atoms with Gasteiger partial charge < -0.3 is 9.73 Å². The van der Waals surface area contributed by atoms with Gasteiger partial charge in [-0.2, -0.15) is 0 Å². The van der Waals surface area contributed by atoms with Crippen molar-refractivity contribution in [2.45, 2.75) is 6.04 Å². The number of fused-ring (bicyclic) bond motifs is 1. The minimum absolute atomic E-state index is 0.191. The van der Waals surface area contributed by atoms with E-state index < -0.39 is 0 Å². The molecule has 0 aliphatic carbocycles. The summed E-state index contributed by atoms with van der Waals surface area (Å²) in [5.41, 5.74) is 1.25. The molecule has 3 aromatic rings. The number of furan rings is 1. The standard InChI is InChI=1S/C16H12BrClFNO/c1-20-15(11-6-5-10(18)8-12(11)17)14-7-9-3-2-4-13(19)16(9)21-14/h2-8,15,20H,1H3. The van der Waals surface area contributed by atoms with Crippen molar-refractivity contribution in [3.05, 3.63) is 69.1 Å². The van der Waals surface area contributed by atoms with Gasteiger partial charge in [-0.1, -0.05) is 45.7 Å². The number of para-hydroxylation sites is 1. The van der Waals surface area contributed by atoms with Crippen molar-refractivity contribution >= 4 is 38.5 Å². The Morgan fingerprint density at radius 1 is 1.24 bits per heavy atom. The molecule has 1 heterocycles. The number of rotatable bonds is 3. The van der Waals surface area contributed by atoms with Gasteiger partial charge >= 0.3 is 0 Å². The highest BCUT2D eigenvalue weighted by Crippen LogP contribution is 2.33. The molecule has 108 valence electrons. The molecule has 0 aliphatic rings. The highest BCUT2D eigenvalue weighted by molar-refractivity contribution is 9.10. The fourth-order valence-corrected chi connectivity index (χ4v) is 3.29. The molecular formula is C16H12BrClFNO. The van der Waals surface area contributed by atoms with Gasteiger partial charge in [-0.3, -0.25) is 0 Å². The highest BCUT2D eigenvalue weighted by Gasteiger charge is 2.20. The van der Waals surface area contributed by atoms with Gasteiger partial charge in [0, 0.05) is 14.9 Å². The van der Waals surface area contributed by atoms with Gasteiger partial charge in [0.25, 0.3) is 0 Å². The number of nitrogens with one attached hydrogen (secondary N) is 1. The Morgan fingerprint density at radius 2 is 2.05 bits per heavy atom. The lowest BCUT2D eigenvalue weighted by Gasteiger charge is -2.16. The van der Waals surface area contributed by atoms with Crippen LogP contribution in [0.2, 0.25) is 5.02 Å². The summed E-state index contributed by atoms with van der Waals surface area (Å²) in [6.07, 6.45) is 0. The van der Waals surface area contributed by atoms with Crippen LogP contribution in [0, 0.1) is 5.82 Å². The summed E-state index contributed by atoms with van der Waals surface area (Å²) in [6, 6.07) is 12.1. The molecule has 2 nitrogen and oxygen atoms in total. The SMILES string of the molecule is CNC(c1cc2cccc(F)c2o1)c1ccc(Cl)cc1Br. The summed E-state index contributed by atoms with van der Waals surface area (Å²) < 4.78 is 20.3.